The Balaban J connectivity index is 1.72. The summed E-state index contributed by atoms with van der Waals surface area (Å²) in [6.45, 7) is 2.34. The minimum atomic E-state index is -4.58. The zero-order chi connectivity index (χ0) is 22.6. The average molecular weight is 441 g/mol. The van der Waals surface area contributed by atoms with Gasteiger partial charge in [0, 0.05) is 18.4 Å². The van der Waals surface area contributed by atoms with E-state index < -0.39 is 11.7 Å². The molecule has 168 valence electrons. The quantitative estimate of drug-likeness (QED) is 0.400. The first-order valence-corrected chi connectivity index (χ1v) is 10.9. The zero-order valence-corrected chi connectivity index (χ0v) is 18.0. The van der Waals surface area contributed by atoms with Crippen LogP contribution in [0.5, 0.6) is 6.01 Å². The number of hydrogen-bond acceptors (Lipinski definition) is 4. The lowest BCUT2D eigenvalue weighted by atomic mass is 9.95. The van der Waals surface area contributed by atoms with Crippen LogP contribution < -0.4 is 9.64 Å². The van der Waals surface area contributed by atoms with Gasteiger partial charge in [0.15, 0.2) is 5.82 Å². The molecule has 0 amide bonds. The summed E-state index contributed by atoms with van der Waals surface area (Å²) in [6, 6.07) is 17.0. The SMILES string of the molecule is CCN(c1ccccc1C1CCCC1)c1nc(OCc2ccccc2)ncc1C(F)(F)F. The van der Waals surface area contributed by atoms with Crippen LogP contribution in [0, 0.1) is 0 Å². The number of ether oxygens (including phenoxy) is 1. The summed E-state index contributed by atoms with van der Waals surface area (Å²) in [5, 5.41) is 0. The summed E-state index contributed by atoms with van der Waals surface area (Å²) in [7, 11) is 0. The third kappa shape index (κ3) is 4.87. The first-order valence-electron chi connectivity index (χ1n) is 10.9. The van der Waals surface area contributed by atoms with Gasteiger partial charge < -0.3 is 9.64 Å². The fourth-order valence-corrected chi connectivity index (χ4v) is 4.30. The highest BCUT2D eigenvalue weighted by atomic mass is 19.4. The molecule has 4 rings (SSSR count). The van der Waals surface area contributed by atoms with Gasteiger partial charge in [0.05, 0.1) is 0 Å². The second-order valence-corrected chi connectivity index (χ2v) is 7.95. The number of anilines is 2. The van der Waals surface area contributed by atoms with Crippen molar-refractivity contribution in [3.8, 4) is 6.01 Å². The molecule has 0 saturated heterocycles. The standard InChI is InChI=1S/C25H26F3N3O/c1-2-31(22-15-9-8-14-20(22)19-12-6-7-13-19)23-21(25(26,27)28)16-29-24(30-23)32-17-18-10-4-3-5-11-18/h3-5,8-11,14-16,19H,2,6-7,12-13,17H2,1H3. The zero-order valence-electron chi connectivity index (χ0n) is 18.0. The fraction of sp³-hybridized carbons (Fsp3) is 0.360. The number of para-hydroxylation sites is 1. The molecule has 1 saturated carbocycles. The van der Waals surface area contributed by atoms with Crippen LogP contribution in [0.25, 0.3) is 0 Å². The van der Waals surface area contributed by atoms with Gasteiger partial charge in [-0.1, -0.05) is 61.4 Å². The highest BCUT2D eigenvalue weighted by molar-refractivity contribution is 5.67. The summed E-state index contributed by atoms with van der Waals surface area (Å²) in [4.78, 5) is 9.73. The second kappa shape index (κ2) is 9.59. The highest BCUT2D eigenvalue weighted by Gasteiger charge is 2.37. The van der Waals surface area contributed by atoms with E-state index in [0.29, 0.717) is 12.5 Å². The van der Waals surface area contributed by atoms with Gasteiger partial charge in [-0.05, 0) is 42.9 Å². The number of rotatable bonds is 7. The highest BCUT2D eigenvalue weighted by Crippen LogP contribution is 2.43. The van der Waals surface area contributed by atoms with Gasteiger partial charge in [-0.3, -0.25) is 0 Å². The van der Waals surface area contributed by atoms with Gasteiger partial charge in [-0.25, -0.2) is 4.98 Å². The summed E-state index contributed by atoms with van der Waals surface area (Å²) >= 11 is 0. The van der Waals surface area contributed by atoms with Gasteiger partial charge in [-0.2, -0.15) is 18.2 Å². The minimum absolute atomic E-state index is 0.0753. The van der Waals surface area contributed by atoms with Crippen LogP contribution in [0.3, 0.4) is 0 Å². The summed E-state index contributed by atoms with van der Waals surface area (Å²) < 4.78 is 47.3. The van der Waals surface area contributed by atoms with Gasteiger partial charge in [0.25, 0.3) is 0 Å². The normalized spacial score (nSPS) is 14.5. The van der Waals surface area contributed by atoms with Crippen molar-refractivity contribution in [2.75, 3.05) is 11.4 Å². The Morgan fingerprint density at radius 1 is 1.00 bits per heavy atom. The largest absolute Gasteiger partial charge is 0.459 e. The van der Waals surface area contributed by atoms with Crippen LogP contribution in [-0.4, -0.2) is 16.5 Å². The minimum Gasteiger partial charge on any atom is -0.459 e. The van der Waals surface area contributed by atoms with Crippen molar-refractivity contribution in [3.63, 3.8) is 0 Å². The number of alkyl halides is 3. The third-order valence-electron chi connectivity index (χ3n) is 5.86. The molecule has 0 radical (unpaired) electrons. The van der Waals surface area contributed by atoms with Crippen LogP contribution in [0.4, 0.5) is 24.7 Å². The summed E-state index contributed by atoms with van der Waals surface area (Å²) in [6.07, 6.45) is 0.631. The maximum atomic E-state index is 13.9. The van der Waals surface area contributed by atoms with Crippen molar-refractivity contribution >= 4 is 11.5 Å². The van der Waals surface area contributed by atoms with Crippen molar-refractivity contribution in [1.82, 2.24) is 9.97 Å². The molecule has 0 N–H and O–H groups in total. The first kappa shape index (κ1) is 22.1. The Kier molecular flexibility index (Phi) is 6.63. The van der Waals surface area contributed by atoms with E-state index in [1.54, 1.807) is 4.90 Å². The first-order chi connectivity index (χ1) is 15.5. The Labute approximate surface area is 186 Å². The van der Waals surface area contributed by atoms with Gasteiger partial charge >= 0.3 is 12.2 Å². The van der Waals surface area contributed by atoms with Crippen LogP contribution in [0.15, 0.2) is 60.8 Å². The van der Waals surface area contributed by atoms with Crippen molar-refractivity contribution < 1.29 is 17.9 Å². The van der Waals surface area contributed by atoms with Crippen LogP contribution >= 0.6 is 0 Å². The Bertz CT molecular complexity index is 1030. The molecule has 3 aromatic rings. The van der Waals surface area contributed by atoms with Gasteiger partial charge in [0.1, 0.15) is 12.2 Å². The molecule has 4 nitrogen and oxygen atoms in total. The molecule has 2 aromatic carbocycles. The maximum absolute atomic E-state index is 13.9. The van der Waals surface area contributed by atoms with E-state index in [4.69, 9.17) is 4.74 Å². The van der Waals surface area contributed by atoms with Crippen molar-refractivity contribution in [2.24, 2.45) is 0 Å². The molecule has 1 aliphatic carbocycles. The monoisotopic (exact) mass is 441 g/mol. The number of halogens is 3. The predicted molar refractivity (Wildman–Crippen MR) is 118 cm³/mol. The lowest BCUT2D eigenvalue weighted by Gasteiger charge is -2.29. The number of nitrogens with zero attached hydrogens (tertiary/aromatic N) is 3. The summed E-state index contributed by atoms with van der Waals surface area (Å²) in [5.41, 5.74) is 1.86. The van der Waals surface area contributed by atoms with Gasteiger partial charge in [0.2, 0.25) is 0 Å². The third-order valence-corrected chi connectivity index (χ3v) is 5.86. The Morgan fingerprint density at radius 3 is 2.38 bits per heavy atom. The van der Waals surface area contributed by atoms with Crippen molar-refractivity contribution in [1.29, 1.82) is 0 Å². The molecule has 1 aromatic heterocycles. The lowest BCUT2D eigenvalue weighted by Crippen LogP contribution is -2.24. The van der Waals surface area contributed by atoms with E-state index in [1.807, 2.05) is 61.5 Å². The smallest absolute Gasteiger partial charge is 0.421 e. The van der Waals surface area contributed by atoms with E-state index in [0.717, 1.165) is 48.7 Å². The Morgan fingerprint density at radius 2 is 1.69 bits per heavy atom. The molecule has 0 atom stereocenters. The van der Waals surface area contributed by atoms with E-state index in [9.17, 15) is 13.2 Å². The lowest BCUT2D eigenvalue weighted by molar-refractivity contribution is -0.137. The molecule has 0 spiro atoms. The maximum Gasteiger partial charge on any atom is 0.421 e. The molecule has 1 fully saturated rings. The number of aromatic nitrogens is 2. The molecule has 32 heavy (non-hydrogen) atoms. The van der Waals surface area contributed by atoms with E-state index >= 15 is 0 Å². The second-order valence-electron chi connectivity index (χ2n) is 7.95. The molecular formula is C25H26F3N3O. The van der Waals surface area contributed by atoms with Crippen molar-refractivity contribution in [2.45, 2.75) is 51.3 Å². The van der Waals surface area contributed by atoms with Crippen LogP contribution in [0.2, 0.25) is 0 Å². The predicted octanol–water partition coefficient (Wildman–Crippen LogP) is 6.89. The van der Waals surface area contributed by atoms with Crippen LogP contribution in [-0.2, 0) is 12.8 Å². The average Bonchev–Trinajstić information content (AvgIpc) is 3.33. The molecule has 0 unspecified atom stereocenters. The number of hydrogen-bond donors (Lipinski definition) is 0. The van der Waals surface area contributed by atoms with E-state index in [-0.39, 0.29) is 18.4 Å². The molecule has 1 aliphatic rings. The number of benzene rings is 2. The molecular weight excluding hydrogens is 415 g/mol. The summed E-state index contributed by atoms with van der Waals surface area (Å²) in [5.74, 6) is 0.175. The Hall–Kier alpha value is -3.09. The fourth-order valence-electron chi connectivity index (χ4n) is 4.30. The van der Waals surface area contributed by atoms with Crippen molar-refractivity contribution in [3.05, 3.63) is 77.5 Å². The van der Waals surface area contributed by atoms with Crippen LogP contribution in [0.1, 0.15) is 55.2 Å². The van der Waals surface area contributed by atoms with Gasteiger partial charge in [-0.15, -0.1) is 0 Å². The van der Waals surface area contributed by atoms with E-state index in [1.165, 1.54) is 0 Å². The topological polar surface area (TPSA) is 38.2 Å². The van der Waals surface area contributed by atoms with E-state index in [2.05, 4.69) is 9.97 Å². The molecule has 0 aliphatic heterocycles. The molecule has 7 heteroatoms. The molecule has 1 heterocycles. The molecule has 0 bridgehead atoms.